The summed E-state index contributed by atoms with van der Waals surface area (Å²) >= 11 is 3.39. The molecule has 2 rings (SSSR count). The molecule has 0 bridgehead atoms. The van der Waals surface area contributed by atoms with Gasteiger partial charge in [0.05, 0.1) is 0 Å². The Morgan fingerprint density at radius 1 is 1.33 bits per heavy atom. The quantitative estimate of drug-likeness (QED) is 0.936. The molecule has 1 heterocycles. The van der Waals surface area contributed by atoms with Gasteiger partial charge in [-0.1, -0.05) is 12.1 Å². The van der Waals surface area contributed by atoms with Gasteiger partial charge in [-0.3, -0.25) is 0 Å². The highest BCUT2D eigenvalue weighted by molar-refractivity contribution is 9.10. The van der Waals surface area contributed by atoms with Crippen molar-refractivity contribution in [3.05, 3.63) is 52.1 Å². The molecule has 1 aromatic heterocycles. The lowest BCUT2D eigenvalue weighted by Gasteiger charge is -2.09. The Hall–Kier alpha value is -1.39. The molecule has 1 aromatic carbocycles. The third kappa shape index (κ3) is 3.31. The van der Waals surface area contributed by atoms with Crippen LogP contribution in [0.3, 0.4) is 0 Å². The predicted molar refractivity (Wildman–Crippen MR) is 76.0 cm³/mol. The Balaban J connectivity index is 2.20. The van der Waals surface area contributed by atoms with E-state index in [1.807, 2.05) is 38.2 Å². The molecule has 4 heteroatoms. The molecule has 0 aliphatic heterocycles. The van der Waals surface area contributed by atoms with Crippen molar-refractivity contribution in [2.45, 2.75) is 13.5 Å². The molecule has 0 radical (unpaired) electrons. The molecule has 0 saturated heterocycles. The maximum atomic E-state index is 5.79. The van der Waals surface area contributed by atoms with Crippen LogP contribution in [0.15, 0.2) is 41.0 Å². The molecular formula is C14H15BrN2O. The lowest BCUT2D eigenvalue weighted by Crippen LogP contribution is -2.04. The molecule has 0 aliphatic rings. The topological polar surface area (TPSA) is 34.1 Å². The molecule has 94 valence electrons. The van der Waals surface area contributed by atoms with Crippen molar-refractivity contribution in [2.24, 2.45) is 0 Å². The Morgan fingerprint density at radius 2 is 2.17 bits per heavy atom. The molecule has 0 unspecified atom stereocenters. The van der Waals surface area contributed by atoms with E-state index < -0.39 is 0 Å². The zero-order valence-electron chi connectivity index (χ0n) is 10.4. The molecule has 2 aromatic rings. The summed E-state index contributed by atoms with van der Waals surface area (Å²) in [7, 11) is 1.92. The van der Waals surface area contributed by atoms with Crippen molar-refractivity contribution < 1.29 is 4.74 Å². The molecule has 0 aliphatic carbocycles. The van der Waals surface area contributed by atoms with Crippen molar-refractivity contribution in [1.29, 1.82) is 0 Å². The van der Waals surface area contributed by atoms with Crippen molar-refractivity contribution >= 4 is 15.9 Å². The fourth-order valence-corrected chi connectivity index (χ4v) is 2.12. The van der Waals surface area contributed by atoms with Crippen molar-refractivity contribution in [3.63, 3.8) is 0 Å². The average molecular weight is 307 g/mol. The predicted octanol–water partition coefficient (Wildman–Crippen LogP) is 3.66. The summed E-state index contributed by atoms with van der Waals surface area (Å²) in [6.07, 6.45) is 1.74. The van der Waals surface area contributed by atoms with Gasteiger partial charge in [0.1, 0.15) is 5.75 Å². The van der Waals surface area contributed by atoms with Gasteiger partial charge in [0, 0.05) is 22.8 Å². The Labute approximate surface area is 115 Å². The normalized spacial score (nSPS) is 10.4. The largest absolute Gasteiger partial charge is 0.439 e. The van der Waals surface area contributed by atoms with E-state index in [1.165, 1.54) is 5.56 Å². The Bertz CT molecular complexity index is 543. The fourth-order valence-electron chi connectivity index (χ4n) is 1.67. The van der Waals surface area contributed by atoms with E-state index in [2.05, 4.69) is 32.3 Å². The fraction of sp³-hybridized carbons (Fsp3) is 0.214. The molecular weight excluding hydrogens is 292 g/mol. The van der Waals surface area contributed by atoms with Crippen LogP contribution in [0.2, 0.25) is 0 Å². The van der Waals surface area contributed by atoms with Crippen LogP contribution in [-0.2, 0) is 6.54 Å². The van der Waals surface area contributed by atoms with Crippen molar-refractivity contribution in [1.82, 2.24) is 10.3 Å². The third-order valence-electron chi connectivity index (χ3n) is 2.49. The first-order chi connectivity index (χ1) is 8.69. The second-order valence-corrected chi connectivity index (χ2v) is 4.97. The molecule has 0 saturated carbocycles. The SMILES string of the molecule is CNCc1cccc(Oc2ncc(Br)cc2C)c1. The number of rotatable bonds is 4. The number of hydrogen-bond acceptors (Lipinski definition) is 3. The monoisotopic (exact) mass is 306 g/mol. The number of nitrogens with one attached hydrogen (secondary N) is 1. The molecule has 3 nitrogen and oxygen atoms in total. The summed E-state index contributed by atoms with van der Waals surface area (Å²) in [5.74, 6) is 1.44. The minimum absolute atomic E-state index is 0.639. The van der Waals surface area contributed by atoms with Gasteiger partial charge in [-0.25, -0.2) is 4.98 Å². The van der Waals surface area contributed by atoms with E-state index in [9.17, 15) is 0 Å². The van der Waals surface area contributed by atoms with Crippen LogP contribution in [0.5, 0.6) is 11.6 Å². The number of aryl methyl sites for hydroxylation is 1. The molecule has 1 N–H and O–H groups in total. The van der Waals surface area contributed by atoms with Gasteiger partial charge < -0.3 is 10.1 Å². The zero-order valence-corrected chi connectivity index (χ0v) is 12.0. The summed E-state index contributed by atoms with van der Waals surface area (Å²) in [5, 5.41) is 3.12. The van der Waals surface area contributed by atoms with Gasteiger partial charge in [-0.15, -0.1) is 0 Å². The van der Waals surface area contributed by atoms with Gasteiger partial charge in [-0.05, 0) is 53.7 Å². The minimum Gasteiger partial charge on any atom is -0.439 e. The number of benzene rings is 1. The molecule has 18 heavy (non-hydrogen) atoms. The first-order valence-electron chi connectivity index (χ1n) is 5.72. The molecule has 0 fully saturated rings. The van der Waals surface area contributed by atoms with Crippen LogP contribution in [0.25, 0.3) is 0 Å². The van der Waals surface area contributed by atoms with Crippen molar-refractivity contribution in [3.8, 4) is 11.6 Å². The van der Waals surface area contributed by atoms with Crippen LogP contribution in [0.1, 0.15) is 11.1 Å². The lowest BCUT2D eigenvalue weighted by atomic mass is 10.2. The zero-order chi connectivity index (χ0) is 13.0. The first kappa shape index (κ1) is 13.1. The van der Waals surface area contributed by atoms with E-state index in [4.69, 9.17) is 4.74 Å². The number of nitrogens with zero attached hydrogens (tertiary/aromatic N) is 1. The smallest absolute Gasteiger partial charge is 0.222 e. The van der Waals surface area contributed by atoms with Gasteiger partial charge in [0.2, 0.25) is 5.88 Å². The maximum Gasteiger partial charge on any atom is 0.222 e. The van der Waals surface area contributed by atoms with Crippen LogP contribution < -0.4 is 10.1 Å². The molecule has 0 amide bonds. The number of ether oxygens (including phenoxy) is 1. The summed E-state index contributed by atoms with van der Waals surface area (Å²) in [4.78, 5) is 4.26. The lowest BCUT2D eigenvalue weighted by molar-refractivity contribution is 0.458. The average Bonchev–Trinajstić information content (AvgIpc) is 2.34. The van der Waals surface area contributed by atoms with Crippen molar-refractivity contribution in [2.75, 3.05) is 7.05 Å². The number of halogens is 1. The number of aromatic nitrogens is 1. The Kier molecular flexibility index (Phi) is 4.33. The van der Waals surface area contributed by atoms with Gasteiger partial charge in [0.25, 0.3) is 0 Å². The highest BCUT2D eigenvalue weighted by Gasteiger charge is 2.04. The Morgan fingerprint density at radius 3 is 2.89 bits per heavy atom. The highest BCUT2D eigenvalue weighted by atomic mass is 79.9. The van der Waals surface area contributed by atoms with Crippen LogP contribution >= 0.6 is 15.9 Å². The van der Waals surface area contributed by atoms with Crippen LogP contribution in [-0.4, -0.2) is 12.0 Å². The standard InChI is InChI=1S/C14H15BrN2O/c1-10-6-12(15)9-17-14(10)18-13-5-3-4-11(7-13)8-16-2/h3-7,9,16H,8H2,1-2H3. The van der Waals surface area contributed by atoms with Crippen LogP contribution in [0, 0.1) is 6.92 Å². The van der Waals surface area contributed by atoms with Crippen LogP contribution in [0.4, 0.5) is 0 Å². The maximum absolute atomic E-state index is 5.79. The van der Waals surface area contributed by atoms with Gasteiger partial charge >= 0.3 is 0 Å². The number of hydrogen-bond donors (Lipinski definition) is 1. The second-order valence-electron chi connectivity index (χ2n) is 4.06. The van der Waals surface area contributed by atoms with E-state index in [-0.39, 0.29) is 0 Å². The van der Waals surface area contributed by atoms with E-state index in [0.717, 1.165) is 22.3 Å². The molecule has 0 spiro atoms. The third-order valence-corrected chi connectivity index (χ3v) is 2.92. The summed E-state index contributed by atoms with van der Waals surface area (Å²) < 4.78 is 6.75. The highest BCUT2D eigenvalue weighted by Crippen LogP contribution is 2.25. The van der Waals surface area contributed by atoms with E-state index >= 15 is 0 Å². The molecule has 0 atom stereocenters. The summed E-state index contributed by atoms with van der Waals surface area (Å²) in [6, 6.07) is 9.98. The second kappa shape index (κ2) is 5.98. The minimum atomic E-state index is 0.639. The van der Waals surface area contributed by atoms with Gasteiger partial charge in [0.15, 0.2) is 0 Å². The number of pyridine rings is 1. The van der Waals surface area contributed by atoms with Gasteiger partial charge in [-0.2, -0.15) is 0 Å². The van der Waals surface area contributed by atoms with E-state index in [1.54, 1.807) is 6.20 Å². The summed E-state index contributed by atoms with van der Waals surface area (Å²) in [6.45, 7) is 2.80. The summed E-state index contributed by atoms with van der Waals surface area (Å²) in [5.41, 5.74) is 2.19. The van der Waals surface area contributed by atoms with E-state index in [0.29, 0.717) is 5.88 Å². The first-order valence-corrected chi connectivity index (χ1v) is 6.52.